The van der Waals surface area contributed by atoms with Crippen LogP contribution in [0.3, 0.4) is 0 Å². The maximum Gasteiger partial charge on any atom is 0.257 e. The number of nitrogens with one attached hydrogen (secondary N) is 1. The molecule has 1 aliphatic carbocycles. The topological polar surface area (TPSA) is 89.3 Å². The lowest BCUT2D eigenvalue weighted by molar-refractivity contribution is -0.111. The molecule has 1 heterocycles. The van der Waals surface area contributed by atoms with Crippen LogP contribution in [0.5, 0.6) is 0 Å². The minimum Gasteiger partial charge on any atom is -0.363 e. The third-order valence-electron chi connectivity index (χ3n) is 4.37. The van der Waals surface area contributed by atoms with Crippen LogP contribution >= 0.6 is 0 Å². The highest BCUT2D eigenvalue weighted by Gasteiger charge is 2.34. The number of hydrogen-bond donors (Lipinski definition) is 1. The van der Waals surface area contributed by atoms with Crippen molar-refractivity contribution >= 4 is 27.1 Å². The predicted molar refractivity (Wildman–Crippen MR) is 95.2 cm³/mol. The quantitative estimate of drug-likeness (QED) is 0.784. The highest BCUT2D eigenvalue weighted by atomic mass is 32.2. The molecule has 1 aromatic carbocycles. The number of rotatable bonds is 5. The van der Waals surface area contributed by atoms with Crippen LogP contribution in [0.1, 0.15) is 18.4 Å². The van der Waals surface area contributed by atoms with Crippen LogP contribution in [0.25, 0.3) is 5.57 Å². The van der Waals surface area contributed by atoms with Crippen LogP contribution in [-0.4, -0.2) is 38.1 Å². The maximum absolute atomic E-state index is 13.5. The molecular weight excluding hydrogens is 378 g/mol. The number of halogens is 2. The Morgan fingerprint density at radius 1 is 1.19 bits per heavy atom. The summed E-state index contributed by atoms with van der Waals surface area (Å²) in [6.45, 7) is 0. The van der Waals surface area contributed by atoms with Crippen molar-refractivity contribution in [1.82, 2.24) is 5.16 Å². The Kier molecular flexibility index (Phi) is 5.41. The summed E-state index contributed by atoms with van der Waals surface area (Å²) in [5, 5.41) is 6.15. The number of benzene rings is 1. The van der Waals surface area contributed by atoms with Gasteiger partial charge in [-0.2, -0.15) is 0 Å². The van der Waals surface area contributed by atoms with E-state index in [9.17, 15) is 22.0 Å². The molecule has 9 heteroatoms. The second-order valence-electron chi connectivity index (χ2n) is 6.48. The van der Waals surface area contributed by atoms with Gasteiger partial charge >= 0.3 is 0 Å². The Morgan fingerprint density at radius 3 is 2.33 bits per heavy atom. The third-order valence-corrected chi connectivity index (χ3v) is 5.50. The zero-order chi connectivity index (χ0) is 19.6. The summed E-state index contributed by atoms with van der Waals surface area (Å²) in [4.78, 5) is 12.8. The maximum atomic E-state index is 13.5. The minimum atomic E-state index is -3.39. The molecule has 1 N–H and O–H groups in total. The molecular formula is C18H18F2N2O4S. The van der Waals surface area contributed by atoms with Gasteiger partial charge in [0.2, 0.25) is 0 Å². The Labute approximate surface area is 155 Å². The van der Waals surface area contributed by atoms with E-state index in [1.54, 1.807) is 0 Å². The van der Waals surface area contributed by atoms with Gasteiger partial charge in [0.1, 0.15) is 18.6 Å². The Morgan fingerprint density at radius 2 is 1.81 bits per heavy atom. The average molecular weight is 396 g/mol. The van der Waals surface area contributed by atoms with Gasteiger partial charge in [-0.15, -0.1) is 0 Å². The molecule has 2 aromatic rings. The molecule has 1 aliphatic rings. The van der Waals surface area contributed by atoms with Crippen LogP contribution in [-0.2, 0) is 14.6 Å². The summed E-state index contributed by atoms with van der Waals surface area (Å²) in [6.07, 6.45) is 0.761. The van der Waals surface area contributed by atoms with E-state index < -0.39 is 34.0 Å². The van der Waals surface area contributed by atoms with Gasteiger partial charge in [0.15, 0.2) is 15.7 Å². The van der Waals surface area contributed by atoms with Gasteiger partial charge < -0.3 is 9.84 Å². The molecule has 1 fully saturated rings. The van der Waals surface area contributed by atoms with E-state index in [0.29, 0.717) is 5.56 Å². The van der Waals surface area contributed by atoms with Gasteiger partial charge in [0, 0.05) is 17.9 Å². The van der Waals surface area contributed by atoms with Crippen LogP contribution in [0.2, 0.25) is 0 Å². The van der Waals surface area contributed by atoms with Gasteiger partial charge in [-0.05, 0) is 36.5 Å². The first-order valence-corrected chi connectivity index (χ1v) is 10.2. The first-order chi connectivity index (χ1) is 12.7. The molecule has 144 valence electrons. The number of hydrogen-bond acceptors (Lipinski definition) is 5. The lowest BCUT2D eigenvalue weighted by Crippen LogP contribution is -2.15. The second kappa shape index (κ2) is 7.59. The van der Waals surface area contributed by atoms with Crippen LogP contribution < -0.4 is 5.32 Å². The van der Waals surface area contributed by atoms with E-state index >= 15 is 0 Å². The predicted octanol–water partition coefficient (Wildman–Crippen LogP) is 3.19. The van der Waals surface area contributed by atoms with Crippen LogP contribution in [0, 0.1) is 5.92 Å². The average Bonchev–Trinajstić information content (AvgIpc) is 3.22. The molecule has 1 aromatic heterocycles. The normalized spacial score (nSPS) is 23.4. The van der Waals surface area contributed by atoms with E-state index in [-0.39, 0.29) is 29.1 Å². The van der Waals surface area contributed by atoms with Crippen molar-refractivity contribution in [2.45, 2.75) is 30.1 Å². The van der Waals surface area contributed by atoms with Crippen LogP contribution in [0.15, 0.2) is 52.1 Å². The zero-order valence-electron chi connectivity index (χ0n) is 14.4. The lowest BCUT2D eigenvalue weighted by Gasteiger charge is -2.11. The zero-order valence-corrected chi connectivity index (χ0v) is 15.2. The van der Waals surface area contributed by atoms with E-state index in [2.05, 4.69) is 15.0 Å². The number of anilines is 1. The first-order valence-electron chi connectivity index (χ1n) is 8.26. The lowest BCUT2D eigenvalue weighted by atomic mass is 9.98. The fourth-order valence-corrected chi connectivity index (χ4v) is 3.62. The summed E-state index contributed by atoms with van der Waals surface area (Å²) in [5.74, 6) is -0.784. The van der Waals surface area contributed by atoms with E-state index in [0.717, 1.165) is 6.26 Å². The monoisotopic (exact) mass is 396 g/mol. The van der Waals surface area contributed by atoms with Gasteiger partial charge in [-0.25, -0.2) is 17.2 Å². The Hall–Kier alpha value is -2.55. The molecule has 0 aliphatic heterocycles. The van der Waals surface area contributed by atoms with Crippen molar-refractivity contribution in [3.05, 3.63) is 48.2 Å². The van der Waals surface area contributed by atoms with Gasteiger partial charge in [-0.3, -0.25) is 4.79 Å². The molecule has 1 saturated carbocycles. The van der Waals surface area contributed by atoms with Gasteiger partial charge in [-0.1, -0.05) is 23.4 Å². The molecule has 27 heavy (non-hydrogen) atoms. The first kappa shape index (κ1) is 19.2. The molecule has 0 radical (unpaired) electrons. The number of sulfone groups is 1. The number of carbonyl (C=O) groups is 1. The third kappa shape index (κ3) is 4.60. The molecule has 0 saturated heterocycles. The molecule has 1 amide bonds. The molecule has 2 unspecified atom stereocenters. The highest BCUT2D eigenvalue weighted by Crippen LogP contribution is 2.34. The minimum absolute atomic E-state index is 0.0106. The number of amides is 1. The summed E-state index contributed by atoms with van der Waals surface area (Å²) < 4.78 is 54.9. The number of aromatic nitrogens is 1. The van der Waals surface area contributed by atoms with E-state index in [4.69, 9.17) is 0 Å². The van der Waals surface area contributed by atoms with Crippen molar-refractivity contribution < 1.29 is 26.5 Å². The van der Waals surface area contributed by atoms with Crippen LogP contribution in [0.4, 0.5) is 14.6 Å². The SMILES string of the molecule is CS(=O)(=O)c1ccc(/C(=C\C2CC(F)C(F)C2)C(=O)Nc2ccon2)cc1. The highest BCUT2D eigenvalue weighted by molar-refractivity contribution is 7.90. The van der Waals surface area contributed by atoms with E-state index in [1.165, 1.54) is 42.7 Å². The second-order valence-corrected chi connectivity index (χ2v) is 8.49. The van der Waals surface area contributed by atoms with Crippen molar-refractivity contribution in [1.29, 1.82) is 0 Å². The van der Waals surface area contributed by atoms with E-state index in [1.807, 2.05) is 0 Å². The summed E-state index contributed by atoms with van der Waals surface area (Å²) in [5.41, 5.74) is 0.616. The fraction of sp³-hybridized carbons (Fsp3) is 0.333. The summed E-state index contributed by atoms with van der Waals surface area (Å²) >= 11 is 0. The van der Waals surface area contributed by atoms with Crippen molar-refractivity contribution in [2.75, 3.05) is 11.6 Å². The number of allylic oxidation sites excluding steroid dienone is 1. The Balaban J connectivity index is 1.93. The van der Waals surface area contributed by atoms with Crippen molar-refractivity contribution in [2.24, 2.45) is 5.92 Å². The standard InChI is InChI=1S/C18H18F2N2O4S/c1-27(24,25)13-4-2-12(3-5-13)14(8-11-9-15(19)16(20)10-11)18(23)21-17-6-7-26-22-17/h2-8,11,15-16H,9-10H2,1H3,(H,21,22,23)/b14-8+. The summed E-state index contributed by atoms with van der Waals surface area (Å²) in [6, 6.07) is 7.19. The number of carbonyl (C=O) groups excluding carboxylic acids is 1. The molecule has 3 rings (SSSR count). The van der Waals surface area contributed by atoms with Gasteiger partial charge in [0.25, 0.3) is 5.91 Å². The molecule has 6 nitrogen and oxygen atoms in total. The molecule has 2 atom stereocenters. The number of alkyl halides is 2. The molecule has 0 bridgehead atoms. The fourth-order valence-electron chi connectivity index (χ4n) is 2.99. The smallest absolute Gasteiger partial charge is 0.257 e. The molecule has 0 spiro atoms. The number of nitrogens with zero attached hydrogens (tertiary/aromatic N) is 1. The largest absolute Gasteiger partial charge is 0.363 e. The Bertz CT molecular complexity index is 930. The van der Waals surface area contributed by atoms with Crippen molar-refractivity contribution in [3.63, 3.8) is 0 Å². The summed E-state index contributed by atoms with van der Waals surface area (Å²) in [7, 11) is -3.39. The van der Waals surface area contributed by atoms with Crippen molar-refractivity contribution in [3.8, 4) is 0 Å². The van der Waals surface area contributed by atoms with Gasteiger partial charge in [0.05, 0.1) is 4.90 Å².